The summed E-state index contributed by atoms with van der Waals surface area (Å²) < 4.78 is 0. The summed E-state index contributed by atoms with van der Waals surface area (Å²) in [7, 11) is 0. The third-order valence-electron chi connectivity index (χ3n) is 2.39. The minimum atomic E-state index is -0.812. The van der Waals surface area contributed by atoms with Gasteiger partial charge in [-0.15, -0.1) is 0 Å². The molecule has 0 aliphatic carbocycles. The third-order valence-corrected chi connectivity index (χ3v) is 2.39. The summed E-state index contributed by atoms with van der Waals surface area (Å²) in [5, 5.41) is 8.49. The average Bonchev–Trinajstić information content (AvgIpc) is 2.28. The van der Waals surface area contributed by atoms with Gasteiger partial charge in [-0.2, -0.15) is 0 Å². The van der Waals surface area contributed by atoms with Crippen molar-refractivity contribution in [2.24, 2.45) is 0 Å². The van der Waals surface area contributed by atoms with Gasteiger partial charge in [-0.25, -0.2) is 0 Å². The lowest BCUT2D eigenvalue weighted by molar-refractivity contribution is -0.137. The molecule has 0 bridgehead atoms. The number of hydrogen-bond acceptors (Lipinski definition) is 3. The molecule has 0 atom stereocenters. The van der Waals surface area contributed by atoms with Crippen molar-refractivity contribution in [3.8, 4) is 0 Å². The Balaban J connectivity index is 2.59. The van der Waals surface area contributed by atoms with E-state index in [1.165, 1.54) is 6.92 Å². The van der Waals surface area contributed by atoms with Gasteiger partial charge in [0.25, 0.3) is 0 Å². The highest BCUT2D eigenvalue weighted by molar-refractivity contribution is 6.42. The molecule has 0 aromatic heterocycles. The van der Waals surface area contributed by atoms with Crippen LogP contribution in [0.25, 0.3) is 0 Å². The summed E-state index contributed by atoms with van der Waals surface area (Å²) >= 11 is 0. The molecule has 1 N–H and O–H groups in total. The Labute approximate surface area is 99.3 Å². The quantitative estimate of drug-likeness (QED) is 0.602. The number of rotatable bonds is 6. The van der Waals surface area contributed by atoms with Crippen molar-refractivity contribution < 1.29 is 19.5 Å². The van der Waals surface area contributed by atoms with E-state index in [4.69, 9.17) is 5.11 Å². The first kappa shape index (κ1) is 13.1. The Morgan fingerprint density at radius 3 is 2.18 bits per heavy atom. The second-order valence-corrected chi connectivity index (χ2v) is 3.83. The summed E-state index contributed by atoms with van der Waals surface area (Å²) in [6, 6.07) is 6.69. The number of aliphatic carboxylic acids is 1. The van der Waals surface area contributed by atoms with E-state index in [0.717, 1.165) is 5.56 Å². The van der Waals surface area contributed by atoms with E-state index in [-0.39, 0.29) is 6.42 Å². The lowest BCUT2D eigenvalue weighted by atomic mass is 10.0. The minimum absolute atomic E-state index is 0.133. The first-order chi connectivity index (χ1) is 8.00. The van der Waals surface area contributed by atoms with Gasteiger partial charge in [0.1, 0.15) is 0 Å². The van der Waals surface area contributed by atoms with E-state index in [1.54, 1.807) is 24.3 Å². The van der Waals surface area contributed by atoms with E-state index in [9.17, 15) is 14.4 Å². The number of ketones is 2. The van der Waals surface area contributed by atoms with Gasteiger partial charge in [0.05, 0.1) is 0 Å². The number of benzene rings is 1. The molecule has 1 aromatic rings. The summed E-state index contributed by atoms with van der Waals surface area (Å²) in [5.74, 6) is -1.79. The molecule has 0 spiro atoms. The Morgan fingerprint density at radius 2 is 1.71 bits per heavy atom. The number of Topliss-reactive ketones (excluding diaryl/α,β-unsaturated/α-hetero) is 2. The standard InChI is InChI=1S/C13H14O4/c1-9(14)13(17)11-7-5-10(6-8-11)3-2-4-12(15)16/h5-8H,2-4H2,1H3,(H,15,16). The van der Waals surface area contributed by atoms with Crippen LogP contribution in [0.3, 0.4) is 0 Å². The largest absolute Gasteiger partial charge is 0.481 e. The number of carboxylic acids is 1. The fourth-order valence-electron chi connectivity index (χ4n) is 1.47. The summed E-state index contributed by atoms with van der Waals surface area (Å²) in [4.78, 5) is 32.5. The maximum atomic E-state index is 11.3. The number of carboxylic acid groups (broad SMARTS) is 1. The Kier molecular flexibility index (Phi) is 4.57. The number of aryl methyl sites for hydroxylation is 1. The van der Waals surface area contributed by atoms with Crippen molar-refractivity contribution in [3.63, 3.8) is 0 Å². The molecule has 0 unspecified atom stereocenters. The smallest absolute Gasteiger partial charge is 0.303 e. The molecule has 0 fully saturated rings. The van der Waals surface area contributed by atoms with Gasteiger partial charge in [-0.05, 0) is 18.4 Å². The number of carbonyl (C=O) groups excluding carboxylic acids is 2. The molecule has 1 rings (SSSR count). The molecule has 0 saturated carbocycles. The fraction of sp³-hybridized carbons (Fsp3) is 0.308. The van der Waals surface area contributed by atoms with Crippen LogP contribution in [0.4, 0.5) is 0 Å². The van der Waals surface area contributed by atoms with Crippen molar-refractivity contribution in [3.05, 3.63) is 35.4 Å². The van der Waals surface area contributed by atoms with Gasteiger partial charge in [-0.1, -0.05) is 24.3 Å². The van der Waals surface area contributed by atoms with Gasteiger partial charge >= 0.3 is 5.97 Å². The Bertz CT molecular complexity index is 431. The molecule has 4 heteroatoms. The predicted octanol–water partition coefficient (Wildman–Crippen LogP) is 1.87. The molecule has 0 amide bonds. The van der Waals surface area contributed by atoms with Crippen LogP contribution in [0.15, 0.2) is 24.3 Å². The van der Waals surface area contributed by atoms with Gasteiger partial charge in [0.15, 0.2) is 5.78 Å². The van der Waals surface area contributed by atoms with Crippen LogP contribution in [0.1, 0.15) is 35.7 Å². The maximum Gasteiger partial charge on any atom is 0.303 e. The maximum absolute atomic E-state index is 11.3. The van der Waals surface area contributed by atoms with Crippen LogP contribution in [-0.4, -0.2) is 22.6 Å². The van der Waals surface area contributed by atoms with Crippen LogP contribution in [0.5, 0.6) is 0 Å². The molecule has 0 aliphatic rings. The molecular weight excluding hydrogens is 220 g/mol. The molecule has 0 saturated heterocycles. The highest BCUT2D eigenvalue weighted by Gasteiger charge is 2.10. The van der Waals surface area contributed by atoms with Gasteiger partial charge in [0.2, 0.25) is 5.78 Å². The molecule has 0 aliphatic heterocycles. The highest BCUT2D eigenvalue weighted by Crippen LogP contribution is 2.09. The summed E-state index contributed by atoms with van der Waals surface area (Å²) in [6.07, 6.45) is 1.35. The first-order valence-electron chi connectivity index (χ1n) is 5.36. The fourth-order valence-corrected chi connectivity index (χ4v) is 1.47. The van der Waals surface area contributed by atoms with Crippen LogP contribution >= 0.6 is 0 Å². The Hall–Kier alpha value is -1.97. The average molecular weight is 234 g/mol. The topological polar surface area (TPSA) is 71.4 Å². The predicted molar refractivity (Wildman–Crippen MR) is 62.0 cm³/mol. The zero-order valence-corrected chi connectivity index (χ0v) is 9.60. The zero-order valence-electron chi connectivity index (χ0n) is 9.60. The van der Waals surface area contributed by atoms with E-state index in [2.05, 4.69) is 0 Å². The lowest BCUT2D eigenvalue weighted by Gasteiger charge is -2.01. The Morgan fingerprint density at radius 1 is 1.12 bits per heavy atom. The summed E-state index contributed by atoms with van der Waals surface area (Å²) in [5.41, 5.74) is 1.34. The normalized spacial score (nSPS) is 9.94. The van der Waals surface area contributed by atoms with Crippen molar-refractivity contribution >= 4 is 17.5 Å². The second-order valence-electron chi connectivity index (χ2n) is 3.83. The van der Waals surface area contributed by atoms with Crippen molar-refractivity contribution in [2.45, 2.75) is 26.2 Å². The van der Waals surface area contributed by atoms with Crippen LogP contribution < -0.4 is 0 Å². The SMILES string of the molecule is CC(=O)C(=O)c1ccc(CCCC(=O)O)cc1. The molecule has 1 aromatic carbocycles. The molecule has 0 radical (unpaired) electrons. The summed E-state index contributed by atoms with van der Waals surface area (Å²) in [6.45, 7) is 1.24. The number of hydrogen-bond donors (Lipinski definition) is 1. The zero-order chi connectivity index (χ0) is 12.8. The number of carbonyl (C=O) groups is 3. The van der Waals surface area contributed by atoms with Crippen LogP contribution in [-0.2, 0) is 16.0 Å². The molecule has 17 heavy (non-hydrogen) atoms. The van der Waals surface area contributed by atoms with Crippen molar-refractivity contribution in [2.75, 3.05) is 0 Å². The van der Waals surface area contributed by atoms with Crippen LogP contribution in [0, 0.1) is 0 Å². The lowest BCUT2D eigenvalue weighted by Crippen LogP contribution is -2.09. The third kappa shape index (κ3) is 4.18. The van der Waals surface area contributed by atoms with Crippen molar-refractivity contribution in [1.29, 1.82) is 0 Å². The van der Waals surface area contributed by atoms with E-state index in [0.29, 0.717) is 18.4 Å². The minimum Gasteiger partial charge on any atom is -0.481 e. The van der Waals surface area contributed by atoms with Crippen molar-refractivity contribution in [1.82, 2.24) is 0 Å². The molecular formula is C13H14O4. The molecule has 0 heterocycles. The van der Waals surface area contributed by atoms with E-state index >= 15 is 0 Å². The first-order valence-corrected chi connectivity index (χ1v) is 5.36. The van der Waals surface area contributed by atoms with E-state index < -0.39 is 17.5 Å². The van der Waals surface area contributed by atoms with Gasteiger partial charge < -0.3 is 5.11 Å². The van der Waals surface area contributed by atoms with Gasteiger partial charge in [-0.3, -0.25) is 14.4 Å². The van der Waals surface area contributed by atoms with Crippen LogP contribution in [0.2, 0.25) is 0 Å². The molecule has 4 nitrogen and oxygen atoms in total. The second kappa shape index (κ2) is 5.94. The van der Waals surface area contributed by atoms with E-state index in [1.807, 2.05) is 0 Å². The van der Waals surface area contributed by atoms with Gasteiger partial charge in [0, 0.05) is 18.9 Å². The highest BCUT2D eigenvalue weighted by atomic mass is 16.4. The monoisotopic (exact) mass is 234 g/mol. The molecule has 90 valence electrons.